The Balaban J connectivity index is 1.50. The van der Waals surface area contributed by atoms with Gasteiger partial charge in [0.2, 0.25) is 0 Å². The molecule has 2 atom stereocenters. The number of anilines is 1. The van der Waals surface area contributed by atoms with Crippen LogP contribution in [0.3, 0.4) is 0 Å². The average molecular weight is 354 g/mol. The molecular formula is C15H20BrN3O2. The Labute approximate surface area is 133 Å². The first kappa shape index (κ1) is 14.6. The van der Waals surface area contributed by atoms with Crippen molar-refractivity contribution in [2.24, 2.45) is 11.8 Å². The van der Waals surface area contributed by atoms with Crippen molar-refractivity contribution in [2.75, 3.05) is 18.0 Å². The summed E-state index contributed by atoms with van der Waals surface area (Å²) >= 11 is 3.39. The minimum atomic E-state index is -0.310. The number of hydrogen-bond acceptors (Lipinski definition) is 4. The highest BCUT2D eigenvalue weighted by Crippen LogP contribution is 2.48. The minimum Gasteiger partial charge on any atom is -0.445 e. The van der Waals surface area contributed by atoms with Gasteiger partial charge < -0.3 is 15.0 Å². The lowest BCUT2D eigenvalue weighted by Crippen LogP contribution is -2.42. The SMILES string of the molecule is CC(C)(C)NC(=O)OC1C2CN(c3ccc(Br)cn3)CC21. The molecular weight excluding hydrogens is 334 g/mol. The number of hydrogen-bond donors (Lipinski definition) is 1. The first-order chi connectivity index (χ1) is 9.83. The molecule has 1 N–H and O–H groups in total. The van der Waals surface area contributed by atoms with E-state index in [1.165, 1.54) is 0 Å². The fourth-order valence-corrected chi connectivity index (χ4v) is 3.08. The van der Waals surface area contributed by atoms with Gasteiger partial charge in [0.05, 0.1) is 0 Å². The average Bonchev–Trinajstić information content (AvgIpc) is 2.83. The number of piperidine rings is 1. The van der Waals surface area contributed by atoms with Crippen LogP contribution in [0, 0.1) is 11.8 Å². The number of fused-ring (bicyclic) bond motifs is 1. The third kappa shape index (κ3) is 3.31. The Morgan fingerprint density at radius 3 is 2.57 bits per heavy atom. The topological polar surface area (TPSA) is 54.5 Å². The van der Waals surface area contributed by atoms with Gasteiger partial charge in [-0.1, -0.05) is 0 Å². The summed E-state index contributed by atoms with van der Waals surface area (Å²) in [6, 6.07) is 4.01. The molecule has 6 heteroatoms. The Morgan fingerprint density at radius 2 is 2.05 bits per heavy atom. The molecule has 114 valence electrons. The van der Waals surface area contributed by atoms with Crippen molar-refractivity contribution in [2.45, 2.75) is 32.4 Å². The normalized spacial score (nSPS) is 27.2. The van der Waals surface area contributed by atoms with E-state index in [1.54, 1.807) is 0 Å². The Hall–Kier alpha value is -1.30. The van der Waals surface area contributed by atoms with Crippen molar-refractivity contribution >= 4 is 27.8 Å². The van der Waals surface area contributed by atoms with E-state index in [-0.39, 0.29) is 17.7 Å². The molecule has 1 amide bonds. The zero-order chi connectivity index (χ0) is 15.2. The molecule has 1 saturated heterocycles. The fourth-order valence-electron chi connectivity index (χ4n) is 2.85. The summed E-state index contributed by atoms with van der Waals surface area (Å²) in [7, 11) is 0. The molecule has 1 aliphatic heterocycles. The van der Waals surface area contributed by atoms with E-state index in [2.05, 4.69) is 31.1 Å². The number of ether oxygens (including phenoxy) is 1. The van der Waals surface area contributed by atoms with Crippen molar-refractivity contribution in [3.63, 3.8) is 0 Å². The monoisotopic (exact) mass is 353 g/mol. The molecule has 2 unspecified atom stereocenters. The Bertz CT molecular complexity index is 529. The van der Waals surface area contributed by atoms with Crippen LogP contribution < -0.4 is 10.2 Å². The largest absolute Gasteiger partial charge is 0.445 e. The van der Waals surface area contributed by atoms with Gasteiger partial charge in [-0.3, -0.25) is 0 Å². The number of nitrogens with zero attached hydrogens (tertiary/aromatic N) is 2. The van der Waals surface area contributed by atoms with E-state index in [0.717, 1.165) is 23.4 Å². The summed E-state index contributed by atoms with van der Waals surface area (Å²) in [6.45, 7) is 7.66. The summed E-state index contributed by atoms with van der Waals surface area (Å²) in [5.74, 6) is 1.88. The molecule has 3 rings (SSSR count). The quantitative estimate of drug-likeness (QED) is 0.888. The lowest BCUT2D eigenvalue weighted by Gasteiger charge is -2.23. The standard InChI is InChI=1S/C15H20BrN3O2/c1-15(2,3)18-14(20)21-13-10-7-19(8-11(10)13)12-5-4-9(16)6-17-12/h4-6,10-11,13H,7-8H2,1-3H3,(H,18,20). The van der Waals surface area contributed by atoms with Crippen LogP contribution in [0.5, 0.6) is 0 Å². The number of carbonyl (C=O) groups is 1. The Kier molecular flexibility index (Phi) is 3.59. The second-order valence-corrected chi connectivity index (χ2v) is 7.73. The van der Waals surface area contributed by atoms with E-state index in [9.17, 15) is 4.79 Å². The van der Waals surface area contributed by atoms with Crippen LogP contribution in [0.1, 0.15) is 20.8 Å². The van der Waals surface area contributed by atoms with Gasteiger partial charge in [-0.2, -0.15) is 0 Å². The Morgan fingerprint density at radius 1 is 1.38 bits per heavy atom. The van der Waals surface area contributed by atoms with Crippen LogP contribution in [0.4, 0.5) is 10.6 Å². The third-order valence-electron chi connectivity index (χ3n) is 3.87. The molecule has 1 saturated carbocycles. The van der Waals surface area contributed by atoms with Gasteiger partial charge in [-0.15, -0.1) is 0 Å². The second kappa shape index (κ2) is 5.16. The molecule has 2 heterocycles. The number of amides is 1. The maximum absolute atomic E-state index is 11.8. The van der Waals surface area contributed by atoms with E-state index in [0.29, 0.717) is 11.8 Å². The molecule has 1 aromatic heterocycles. The maximum Gasteiger partial charge on any atom is 0.407 e. The fraction of sp³-hybridized carbons (Fsp3) is 0.600. The van der Waals surface area contributed by atoms with E-state index in [1.807, 2.05) is 39.1 Å². The molecule has 21 heavy (non-hydrogen) atoms. The number of aromatic nitrogens is 1. The number of carbonyl (C=O) groups excluding carboxylic acids is 1. The highest BCUT2D eigenvalue weighted by molar-refractivity contribution is 9.10. The van der Waals surface area contributed by atoms with E-state index in [4.69, 9.17) is 4.74 Å². The highest BCUT2D eigenvalue weighted by atomic mass is 79.9. The number of nitrogens with one attached hydrogen (secondary N) is 1. The molecule has 1 aliphatic carbocycles. The number of rotatable bonds is 2. The van der Waals surface area contributed by atoms with E-state index < -0.39 is 0 Å². The van der Waals surface area contributed by atoms with Crippen LogP contribution in [-0.4, -0.2) is 35.8 Å². The predicted octanol–water partition coefficient (Wildman–Crippen LogP) is 2.80. The molecule has 2 aliphatic rings. The van der Waals surface area contributed by atoms with Crippen molar-refractivity contribution in [1.82, 2.24) is 10.3 Å². The van der Waals surface area contributed by atoms with Crippen molar-refractivity contribution in [1.29, 1.82) is 0 Å². The molecule has 5 nitrogen and oxygen atoms in total. The molecule has 0 aromatic carbocycles. The summed E-state index contributed by atoms with van der Waals surface area (Å²) in [6.07, 6.45) is 1.57. The van der Waals surface area contributed by atoms with Crippen molar-refractivity contribution in [3.05, 3.63) is 22.8 Å². The van der Waals surface area contributed by atoms with E-state index >= 15 is 0 Å². The first-order valence-corrected chi connectivity index (χ1v) is 7.98. The number of pyridine rings is 1. The van der Waals surface area contributed by atoms with Crippen LogP contribution >= 0.6 is 15.9 Å². The molecule has 0 spiro atoms. The predicted molar refractivity (Wildman–Crippen MR) is 84.3 cm³/mol. The van der Waals surface area contributed by atoms with Crippen LogP contribution in [-0.2, 0) is 4.74 Å². The summed E-state index contributed by atoms with van der Waals surface area (Å²) in [4.78, 5) is 18.4. The minimum absolute atomic E-state index is 0.0686. The summed E-state index contributed by atoms with van der Waals surface area (Å²) in [5.41, 5.74) is -0.255. The van der Waals surface area contributed by atoms with Crippen LogP contribution in [0.25, 0.3) is 0 Å². The third-order valence-corrected chi connectivity index (χ3v) is 4.34. The zero-order valence-electron chi connectivity index (χ0n) is 12.5. The first-order valence-electron chi connectivity index (χ1n) is 7.19. The van der Waals surface area contributed by atoms with Gasteiger partial charge in [0.15, 0.2) is 0 Å². The maximum atomic E-state index is 11.8. The van der Waals surface area contributed by atoms with Crippen molar-refractivity contribution in [3.8, 4) is 0 Å². The zero-order valence-corrected chi connectivity index (χ0v) is 14.1. The second-order valence-electron chi connectivity index (χ2n) is 6.81. The van der Waals surface area contributed by atoms with Crippen LogP contribution in [0.2, 0.25) is 0 Å². The molecule has 0 radical (unpaired) electrons. The van der Waals surface area contributed by atoms with Gasteiger partial charge in [0.1, 0.15) is 11.9 Å². The van der Waals surface area contributed by atoms with Gasteiger partial charge in [0.25, 0.3) is 0 Å². The number of halogens is 1. The lowest BCUT2D eigenvalue weighted by atomic mass is 10.1. The summed E-state index contributed by atoms with van der Waals surface area (Å²) in [5, 5.41) is 2.84. The lowest BCUT2D eigenvalue weighted by molar-refractivity contribution is 0.119. The smallest absolute Gasteiger partial charge is 0.407 e. The van der Waals surface area contributed by atoms with Crippen LogP contribution in [0.15, 0.2) is 22.8 Å². The molecule has 0 bridgehead atoms. The van der Waals surface area contributed by atoms with Crippen molar-refractivity contribution < 1.29 is 9.53 Å². The van der Waals surface area contributed by atoms with Gasteiger partial charge in [0, 0.05) is 41.1 Å². The molecule has 2 fully saturated rings. The van der Waals surface area contributed by atoms with Gasteiger partial charge in [-0.05, 0) is 48.8 Å². The number of alkyl carbamates (subject to hydrolysis) is 1. The van der Waals surface area contributed by atoms with Gasteiger partial charge in [-0.25, -0.2) is 9.78 Å². The molecule has 1 aromatic rings. The highest BCUT2D eigenvalue weighted by Gasteiger charge is 2.59. The summed E-state index contributed by atoms with van der Waals surface area (Å²) < 4.78 is 6.49. The van der Waals surface area contributed by atoms with Gasteiger partial charge >= 0.3 is 6.09 Å².